The molecule has 1 aromatic rings. The lowest BCUT2D eigenvalue weighted by atomic mass is 9.75. The van der Waals surface area contributed by atoms with Crippen LogP contribution in [0, 0.1) is 11.8 Å². The summed E-state index contributed by atoms with van der Waals surface area (Å²) in [6.45, 7) is 3.69. The van der Waals surface area contributed by atoms with Crippen LogP contribution in [-0.2, 0) is 18.3 Å². The van der Waals surface area contributed by atoms with Crippen molar-refractivity contribution in [3.05, 3.63) is 23.4 Å². The summed E-state index contributed by atoms with van der Waals surface area (Å²) in [4.78, 5) is 12.3. The van der Waals surface area contributed by atoms with Gasteiger partial charge in [-0.05, 0) is 43.9 Å². The van der Waals surface area contributed by atoms with Gasteiger partial charge >= 0.3 is 6.18 Å². The average Bonchev–Trinajstić information content (AvgIpc) is 2.78. The van der Waals surface area contributed by atoms with Gasteiger partial charge in [-0.3, -0.25) is 4.79 Å². The quantitative estimate of drug-likeness (QED) is 0.858. The smallest absolute Gasteiger partial charge is 0.369 e. The molecule has 1 saturated carbocycles. The number of carbonyl (C=O) groups is 1. The molecule has 1 aromatic heterocycles. The Bertz CT molecular complexity index is 640. The van der Waals surface area contributed by atoms with E-state index in [1.807, 2.05) is 20.3 Å². The molecule has 0 amide bonds. The maximum absolute atomic E-state index is 13.3. The van der Waals surface area contributed by atoms with Crippen LogP contribution in [0.3, 0.4) is 0 Å². The van der Waals surface area contributed by atoms with E-state index < -0.39 is 28.8 Å². The molecule has 7 heteroatoms. The molecule has 1 fully saturated rings. The summed E-state index contributed by atoms with van der Waals surface area (Å²) < 4.78 is 41.1. The standard InChI is InChI=1S/C16H20F3N2O2/c1-14(2)8-10-12(11(22)9-14)13(16(17,18)19)20-21(10)15(23)6-4-3-5-7-15/h4,23H,3,5-9H2,1-2H3/t15-/m1/s1. The molecule has 127 valence electrons. The molecular weight excluding hydrogens is 309 g/mol. The van der Waals surface area contributed by atoms with Crippen LogP contribution in [0.5, 0.6) is 0 Å². The average molecular weight is 329 g/mol. The van der Waals surface area contributed by atoms with Crippen molar-refractivity contribution in [2.75, 3.05) is 0 Å². The molecule has 0 aliphatic heterocycles. The van der Waals surface area contributed by atoms with E-state index in [1.54, 1.807) is 0 Å². The molecule has 23 heavy (non-hydrogen) atoms. The van der Waals surface area contributed by atoms with Crippen LogP contribution in [0.2, 0.25) is 0 Å². The first-order valence-electron chi connectivity index (χ1n) is 7.80. The Labute approximate surface area is 132 Å². The molecule has 4 nitrogen and oxygen atoms in total. The third-order valence-electron chi connectivity index (χ3n) is 4.66. The highest BCUT2D eigenvalue weighted by Crippen LogP contribution is 2.44. The number of hydrogen-bond donors (Lipinski definition) is 1. The number of hydrogen-bond acceptors (Lipinski definition) is 3. The molecule has 0 unspecified atom stereocenters. The zero-order chi connectivity index (χ0) is 17.0. The van der Waals surface area contributed by atoms with Crippen LogP contribution >= 0.6 is 0 Å². The van der Waals surface area contributed by atoms with Crippen molar-refractivity contribution < 1.29 is 23.1 Å². The molecular formula is C16H20F3N2O2. The fourth-order valence-corrected chi connectivity index (χ4v) is 3.65. The molecule has 2 aliphatic rings. The van der Waals surface area contributed by atoms with E-state index in [0.29, 0.717) is 19.3 Å². The lowest BCUT2D eigenvalue weighted by molar-refractivity contribution is -0.143. The number of Topliss-reactive ketones (excluding diaryl/α,β-unsaturated/α-hetero) is 1. The Balaban J connectivity index is 2.20. The van der Waals surface area contributed by atoms with E-state index in [9.17, 15) is 23.1 Å². The second-order valence-corrected chi connectivity index (χ2v) is 7.39. The van der Waals surface area contributed by atoms with E-state index in [2.05, 4.69) is 5.10 Å². The Hall–Kier alpha value is -1.37. The Kier molecular flexibility index (Phi) is 3.63. The monoisotopic (exact) mass is 329 g/mol. The third kappa shape index (κ3) is 2.79. The number of fused-ring (bicyclic) bond motifs is 1. The number of ketones is 1. The molecule has 0 aromatic carbocycles. The predicted octanol–water partition coefficient (Wildman–Crippen LogP) is 3.48. The second kappa shape index (κ2) is 5.06. The Morgan fingerprint density at radius 1 is 1.30 bits per heavy atom. The van der Waals surface area contributed by atoms with Crippen molar-refractivity contribution in [1.82, 2.24) is 9.78 Å². The molecule has 1 radical (unpaired) electrons. The lowest BCUT2D eigenvalue weighted by Crippen LogP contribution is -2.40. The van der Waals surface area contributed by atoms with Crippen LogP contribution in [0.1, 0.15) is 67.7 Å². The number of halogens is 3. The van der Waals surface area contributed by atoms with Crippen LogP contribution in [0.4, 0.5) is 13.2 Å². The van der Waals surface area contributed by atoms with E-state index >= 15 is 0 Å². The SMILES string of the molecule is CC1(C)CC(=O)c2c(C(F)(F)F)nn([C@@]3(O)C[CH]CCC3)c2C1. The number of aliphatic hydroxyl groups is 1. The van der Waals surface area contributed by atoms with Crippen molar-refractivity contribution in [1.29, 1.82) is 0 Å². The highest BCUT2D eigenvalue weighted by atomic mass is 19.4. The molecule has 0 saturated heterocycles. The van der Waals surface area contributed by atoms with Gasteiger partial charge in [0.05, 0.1) is 11.3 Å². The predicted molar refractivity (Wildman–Crippen MR) is 76.6 cm³/mol. The van der Waals surface area contributed by atoms with Gasteiger partial charge in [-0.15, -0.1) is 0 Å². The summed E-state index contributed by atoms with van der Waals surface area (Å²) in [7, 11) is 0. The van der Waals surface area contributed by atoms with Gasteiger partial charge in [0.1, 0.15) is 0 Å². The topological polar surface area (TPSA) is 55.1 Å². The first kappa shape index (κ1) is 16.5. The summed E-state index contributed by atoms with van der Waals surface area (Å²) in [5.41, 5.74) is -3.21. The molecule has 0 bridgehead atoms. The first-order chi connectivity index (χ1) is 10.5. The highest BCUT2D eigenvalue weighted by molar-refractivity contribution is 6.00. The number of aromatic nitrogens is 2. The molecule has 3 rings (SSSR count). The van der Waals surface area contributed by atoms with Gasteiger partial charge in [-0.25, -0.2) is 4.68 Å². The molecule has 0 spiro atoms. The molecule has 1 atom stereocenters. The number of alkyl halides is 3. The van der Waals surface area contributed by atoms with Gasteiger partial charge in [0, 0.05) is 6.42 Å². The molecule has 1 heterocycles. The van der Waals surface area contributed by atoms with Gasteiger partial charge in [-0.2, -0.15) is 18.3 Å². The van der Waals surface area contributed by atoms with Crippen molar-refractivity contribution in [3.8, 4) is 0 Å². The van der Waals surface area contributed by atoms with Crippen LogP contribution in [-0.4, -0.2) is 20.7 Å². The minimum absolute atomic E-state index is 0.0549. The highest BCUT2D eigenvalue weighted by Gasteiger charge is 2.48. The van der Waals surface area contributed by atoms with Crippen molar-refractivity contribution >= 4 is 5.78 Å². The van der Waals surface area contributed by atoms with Crippen LogP contribution < -0.4 is 0 Å². The number of nitrogens with zero attached hydrogens (tertiary/aromatic N) is 2. The van der Waals surface area contributed by atoms with Crippen LogP contribution in [0.15, 0.2) is 0 Å². The summed E-state index contributed by atoms with van der Waals surface area (Å²) in [6.07, 6.45) is -0.413. The van der Waals surface area contributed by atoms with Crippen LogP contribution in [0.25, 0.3) is 0 Å². The maximum Gasteiger partial charge on any atom is 0.435 e. The van der Waals surface area contributed by atoms with Crippen molar-refractivity contribution in [3.63, 3.8) is 0 Å². The summed E-state index contributed by atoms with van der Waals surface area (Å²) in [5, 5.41) is 14.5. The second-order valence-electron chi connectivity index (χ2n) is 7.39. The maximum atomic E-state index is 13.3. The van der Waals surface area contributed by atoms with Crippen molar-refractivity contribution in [2.24, 2.45) is 5.41 Å². The summed E-state index contributed by atoms with van der Waals surface area (Å²) in [6, 6.07) is 0. The largest absolute Gasteiger partial charge is 0.435 e. The van der Waals surface area contributed by atoms with Gasteiger partial charge in [0.25, 0.3) is 0 Å². The van der Waals surface area contributed by atoms with Gasteiger partial charge in [-0.1, -0.05) is 13.8 Å². The Morgan fingerprint density at radius 2 is 2.00 bits per heavy atom. The normalized spacial score (nSPS) is 23.7. The minimum Gasteiger partial charge on any atom is -0.369 e. The zero-order valence-corrected chi connectivity index (χ0v) is 13.2. The van der Waals surface area contributed by atoms with E-state index in [-0.39, 0.29) is 24.1 Å². The van der Waals surface area contributed by atoms with Gasteiger partial charge in [0.2, 0.25) is 0 Å². The summed E-state index contributed by atoms with van der Waals surface area (Å²) in [5.74, 6) is -0.543. The summed E-state index contributed by atoms with van der Waals surface area (Å²) >= 11 is 0. The van der Waals surface area contributed by atoms with Crippen molar-refractivity contribution in [2.45, 2.75) is 64.3 Å². The first-order valence-corrected chi connectivity index (χ1v) is 7.80. The van der Waals surface area contributed by atoms with Gasteiger partial charge in [0.15, 0.2) is 17.2 Å². The fraction of sp³-hybridized carbons (Fsp3) is 0.688. The van der Waals surface area contributed by atoms with Gasteiger partial charge < -0.3 is 5.11 Å². The van der Waals surface area contributed by atoms with E-state index in [4.69, 9.17) is 0 Å². The minimum atomic E-state index is -4.71. The number of carbonyl (C=O) groups excluding carboxylic acids is 1. The third-order valence-corrected chi connectivity index (χ3v) is 4.66. The van der Waals surface area contributed by atoms with E-state index in [0.717, 1.165) is 11.1 Å². The van der Waals surface area contributed by atoms with E-state index in [1.165, 1.54) is 0 Å². The number of rotatable bonds is 1. The zero-order valence-electron chi connectivity index (χ0n) is 13.2. The molecule has 1 N–H and O–H groups in total. The Morgan fingerprint density at radius 3 is 2.57 bits per heavy atom. The molecule has 2 aliphatic carbocycles. The fourth-order valence-electron chi connectivity index (χ4n) is 3.65. The lowest BCUT2D eigenvalue weighted by Gasteiger charge is -2.36.